The van der Waals surface area contributed by atoms with Gasteiger partial charge in [-0.15, -0.1) is 0 Å². The van der Waals surface area contributed by atoms with Crippen molar-refractivity contribution in [2.75, 3.05) is 38.2 Å². The fraction of sp³-hybridized carbons (Fsp3) is 0.542. The summed E-state index contributed by atoms with van der Waals surface area (Å²) in [6.07, 6.45) is 3.85. The molecule has 8 heteroatoms. The molecule has 0 bridgehead atoms. The van der Waals surface area contributed by atoms with Crippen LogP contribution in [0, 0.1) is 5.92 Å². The maximum atomic E-state index is 12.7. The molecular weight excluding hydrogens is 428 g/mol. The van der Waals surface area contributed by atoms with Crippen molar-refractivity contribution in [3.63, 3.8) is 0 Å². The summed E-state index contributed by atoms with van der Waals surface area (Å²) in [7, 11) is 0. The monoisotopic (exact) mass is 458 g/mol. The molecule has 2 aromatic rings. The number of halogens is 1. The molecule has 172 valence electrons. The van der Waals surface area contributed by atoms with Crippen LogP contribution in [0.3, 0.4) is 0 Å². The van der Waals surface area contributed by atoms with E-state index in [1.165, 1.54) is 0 Å². The first kappa shape index (κ1) is 23.1. The fourth-order valence-corrected chi connectivity index (χ4v) is 4.38. The van der Waals surface area contributed by atoms with Gasteiger partial charge >= 0.3 is 0 Å². The van der Waals surface area contributed by atoms with Crippen molar-refractivity contribution in [1.29, 1.82) is 0 Å². The predicted molar refractivity (Wildman–Crippen MR) is 125 cm³/mol. The average Bonchev–Trinajstić information content (AvgIpc) is 2.79. The smallest absolute Gasteiger partial charge is 0.143 e. The van der Waals surface area contributed by atoms with Crippen LogP contribution in [0.25, 0.3) is 11.3 Å². The fourth-order valence-electron chi connectivity index (χ4n) is 4.18. The Morgan fingerprint density at radius 3 is 3.03 bits per heavy atom. The molecule has 2 aliphatic heterocycles. The second-order valence-electron chi connectivity index (χ2n) is 9.15. The molecule has 4 heterocycles. The molecule has 32 heavy (non-hydrogen) atoms. The Hall–Kier alpha value is -2.06. The number of pyridine rings is 2. The van der Waals surface area contributed by atoms with Gasteiger partial charge in [-0.3, -0.25) is 9.78 Å². The van der Waals surface area contributed by atoms with Crippen molar-refractivity contribution < 1.29 is 14.3 Å². The summed E-state index contributed by atoms with van der Waals surface area (Å²) >= 11 is 6.44. The van der Waals surface area contributed by atoms with Crippen LogP contribution >= 0.6 is 11.6 Å². The maximum absolute atomic E-state index is 12.7. The van der Waals surface area contributed by atoms with Crippen LogP contribution in [0.1, 0.15) is 32.4 Å². The van der Waals surface area contributed by atoms with Crippen LogP contribution in [0.4, 0.5) is 5.82 Å². The summed E-state index contributed by atoms with van der Waals surface area (Å²) in [5.41, 5.74) is 1.94. The highest BCUT2D eigenvalue weighted by molar-refractivity contribution is 6.33. The van der Waals surface area contributed by atoms with Gasteiger partial charge in [0, 0.05) is 42.9 Å². The third-order valence-corrected chi connectivity index (χ3v) is 6.10. The standard InChI is InChI=1S/C24H31ClN4O3/c1-24(2)15-31-14-18(32-24)12-28-23-7-3-6-21(29-23)19-9-17(27-13-20(19)25)10-22(30)16-5-4-8-26-11-16/h3,6-7,9,13,16,18,26H,4-5,8,10-12,14-15H2,1-2H3,(H,28,29)/t16-,18-/m1/s1. The third-order valence-electron chi connectivity index (χ3n) is 5.79. The zero-order valence-electron chi connectivity index (χ0n) is 18.7. The molecule has 0 radical (unpaired) electrons. The molecule has 2 saturated heterocycles. The van der Waals surface area contributed by atoms with Gasteiger partial charge in [-0.2, -0.15) is 0 Å². The number of aromatic nitrogens is 2. The van der Waals surface area contributed by atoms with E-state index in [1.54, 1.807) is 6.20 Å². The van der Waals surface area contributed by atoms with Crippen LogP contribution in [-0.4, -0.2) is 60.3 Å². The molecule has 0 aliphatic carbocycles. The lowest BCUT2D eigenvalue weighted by atomic mass is 9.92. The van der Waals surface area contributed by atoms with E-state index in [4.69, 9.17) is 26.1 Å². The van der Waals surface area contributed by atoms with Crippen LogP contribution in [0.5, 0.6) is 0 Å². The van der Waals surface area contributed by atoms with Gasteiger partial charge in [0.25, 0.3) is 0 Å². The highest BCUT2D eigenvalue weighted by atomic mass is 35.5. The van der Waals surface area contributed by atoms with Gasteiger partial charge in [0.2, 0.25) is 0 Å². The van der Waals surface area contributed by atoms with Crippen molar-refractivity contribution in [3.8, 4) is 11.3 Å². The van der Waals surface area contributed by atoms with E-state index in [9.17, 15) is 4.79 Å². The zero-order valence-corrected chi connectivity index (χ0v) is 19.5. The molecule has 2 N–H and O–H groups in total. The summed E-state index contributed by atoms with van der Waals surface area (Å²) in [6.45, 7) is 7.54. The number of nitrogens with zero attached hydrogens (tertiary/aromatic N) is 2. The van der Waals surface area contributed by atoms with E-state index in [1.807, 2.05) is 38.1 Å². The molecule has 0 amide bonds. The Bertz CT molecular complexity index is 947. The molecule has 2 aromatic heterocycles. The summed E-state index contributed by atoms with van der Waals surface area (Å²) in [5.74, 6) is 1.01. The minimum atomic E-state index is -0.286. The molecule has 0 unspecified atom stereocenters. The van der Waals surface area contributed by atoms with Gasteiger partial charge in [-0.25, -0.2) is 4.98 Å². The first-order chi connectivity index (χ1) is 15.4. The predicted octanol–water partition coefficient (Wildman–Crippen LogP) is 3.51. The van der Waals surface area contributed by atoms with Gasteiger partial charge in [-0.05, 0) is 51.4 Å². The number of ether oxygens (including phenoxy) is 2. The zero-order chi connectivity index (χ0) is 22.6. The molecule has 0 saturated carbocycles. The number of nitrogens with one attached hydrogen (secondary N) is 2. The molecule has 2 fully saturated rings. The molecule has 0 aromatic carbocycles. The minimum absolute atomic E-state index is 0.0411. The van der Waals surface area contributed by atoms with Crippen molar-refractivity contribution in [1.82, 2.24) is 15.3 Å². The summed E-state index contributed by atoms with van der Waals surface area (Å²) in [6, 6.07) is 7.63. The first-order valence-electron chi connectivity index (χ1n) is 11.2. The van der Waals surface area contributed by atoms with Crippen molar-refractivity contribution >= 4 is 23.2 Å². The van der Waals surface area contributed by atoms with Crippen LogP contribution in [-0.2, 0) is 20.7 Å². The van der Waals surface area contributed by atoms with Crippen LogP contribution < -0.4 is 10.6 Å². The van der Waals surface area contributed by atoms with Gasteiger partial charge in [0.1, 0.15) is 11.6 Å². The Balaban J connectivity index is 1.43. The average molecular weight is 459 g/mol. The normalized spacial score (nSPS) is 23.0. The van der Waals surface area contributed by atoms with Gasteiger partial charge in [0.15, 0.2) is 0 Å². The summed E-state index contributed by atoms with van der Waals surface area (Å²) in [5, 5.41) is 7.14. The van der Waals surface area contributed by atoms with E-state index in [0.29, 0.717) is 31.2 Å². The Morgan fingerprint density at radius 2 is 2.25 bits per heavy atom. The molecule has 4 rings (SSSR count). The lowest BCUT2D eigenvalue weighted by molar-refractivity contribution is -0.177. The van der Waals surface area contributed by atoms with Crippen molar-refractivity contribution in [2.24, 2.45) is 5.92 Å². The first-order valence-corrected chi connectivity index (χ1v) is 11.6. The van der Waals surface area contributed by atoms with Crippen LogP contribution in [0.2, 0.25) is 5.02 Å². The van der Waals surface area contributed by atoms with Gasteiger partial charge in [-0.1, -0.05) is 17.7 Å². The molecular formula is C24H31ClN4O3. The topological polar surface area (TPSA) is 85.4 Å². The van der Waals surface area contributed by atoms with E-state index in [0.717, 1.165) is 48.7 Å². The summed E-state index contributed by atoms with van der Waals surface area (Å²) in [4.78, 5) is 21.8. The lowest BCUT2D eigenvalue weighted by Gasteiger charge is -2.36. The SMILES string of the molecule is CC1(C)COC[C@@H](CNc2cccc(-c3cc(CC(=O)[C@@H]4CCCNC4)ncc3Cl)n2)O1. The van der Waals surface area contributed by atoms with Gasteiger partial charge < -0.3 is 20.1 Å². The van der Waals surface area contributed by atoms with Gasteiger partial charge in [0.05, 0.1) is 35.6 Å². The second kappa shape index (κ2) is 10.3. The number of carbonyl (C=O) groups excluding carboxylic acids is 1. The van der Waals surface area contributed by atoms with E-state index in [2.05, 4.69) is 15.6 Å². The van der Waals surface area contributed by atoms with Crippen molar-refractivity contribution in [2.45, 2.75) is 44.8 Å². The number of ketones is 1. The lowest BCUT2D eigenvalue weighted by Crippen LogP contribution is -2.45. The molecule has 0 spiro atoms. The largest absolute Gasteiger partial charge is 0.376 e. The number of carbonyl (C=O) groups is 1. The number of hydrogen-bond acceptors (Lipinski definition) is 7. The number of piperidine rings is 1. The summed E-state index contributed by atoms with van der Waals surface area (Å²) < 4.78 is 11.7. The highest BCUT2D eigenvalue weighted by Gasteiger charge is 2.29. The molecule has 2 aliphatic rings. The van der Waals surface area contributed by atoms with E-state index < -0.39 is 0 Å². The number of rotatable bonds is 7. The highest BCUT2D eigenvalue weighted by Crippen LogP contribution is 2.28. The Labute approximate surface area is 194 Å². The van der Waals surface area contributed by atoms with E-state index in [-0.39, 0.29) is 23.4 Å². The number of hydrogen-bond donors (Lipinski definition) is 2. The molecule has 7 nitrogen and oxygen atoms in total. The minimum Gasteiger partial charge on any atom is -0.376 e. The number of Topliss-reactive ketones (excluding diaryl/α,β-unsaturated/α-hetero) is 1. The molecule has 2 atom stereocenters. The number of anilines is 1. The second-order valence-corrected chi connectivity index (χ2v) is 9.55. The van der Waals surface area contributed by atoms with Crippen molar-refractivity contribution in [3.05, 3.63) is 41.2 Å². The van der Waals surface area contributed by atoms with E-state index >= 15 is 0 Å². The Morgan fingerprint density at radius 1 is 1.38 bits per heavy atom. The Kier molecular flexibility index (Phi) is 7.40. The quantitative estimate of drug-likeness (QED) is 0.656. The van der Waals surface area contributed by atoms with Crippen LogP contribution in [0.15, 0.2) is 30.5 Å². The maximum Gasteiger partial charge on any atom is 0.143 e. The third kappa shape index (κ3) is 6.04.